The van der Waals surface area contributed by atoms with Gasteiger partial charge >= 0.3 is 0 Å². The Balaban J connectivity index is 2.59. The van der Waals surface area contributed by atoms with Crippen molar-refractivity contribution in [3.63, 3.8) is 0 Å². The average molecular weight is 250 g/mol. The number of likely N-dealkylation sites (N-methyl/N-ethyl adjacent to an activating group) is 1. The van der Waals surface area contributed by atoms with Crippen LogP contribution >= 0.6 is 0 Å². The van der Waals surface area contributed by atoms with E-state index >= 15 is 0 Å². The van der Waals surface area contributed by atoms with Gasteiger partial charge in [0.05, 0.1) is 19.2 Å². The Morgan fingerprint density at radius 1 is 1.33 bits per heavy atom. The fourth-order valence-electron chi connectivity index (χ4n) is 1.49. The Hall–Kier alpha value is -1.88. The van der Waals surface area contributed by atoms with Crippen LogP contribution < -0.4 is 5.32 Å². The molecule has 18 heavy (non-hydrogen) atoms. The van der Waals surface area contributed by atoms with Crippen molar-refractivity contribution in [2.75, 3.05) is 20.2 Å². The maximum atomic E-state index is 11.7. The van der Waals surface area contributed by atoms with Crippen LogP contribution in [0.25, 0.3) is 0 Å². The third-order valence-electron chi connectivity index (χ3n) is 2.64. The quantitative estimate of drug-likeness (QED) is 0.790. The van der Waals surface area contributed by atoms with Gasteiger partial charge in [-0.3, -0.25) is 9.59 Å². The number of hydrogen-bond acceptors (Lipinski definition) is 3. The van der Waals surface area contributed by atoms with Gasteiger partial charge in [-0.1, -0.05) is 30.3 Å². The summed E-state index contributed by atoms with van der Waals surface area (Å²) >= 11 is 0. The largest absolute Gasteiger partial charge is 0.394 e. The highest BCUT2D eigenvalue weighted by Gasteiger charge is 2.15. The van der Waals surface area contributed by atoms with Gasteiger partial charge in [-0.05, 0) is 5.56 Å². The Kier molecular flexibility index (Phi) is 5.32. The molecule has 0 saturated carbocycles. The number of hydrogen-bond donors (Lipinski definition) is 2. The number of nitrogens with zero attached hydrogens (tertiary/aromatic N) is 1. The molecule has 0 unspecified atom stereocenters. The highest BCUT2D eigenvalue weighted by molar-refractivity contribution is 5.83. The van der Waals surface area contributed by atoms with Crippen molar-refractivity contribution in [1.29, 1.82) is 0 Å². The molecular formula is C13H18N2O3. The smallest absolute Gasteiger partial charge is 0.240 e. The van der Waals surface area contributed by atoms with E-state index in [2.05, 4.69) is 5.32 Å². The van der Waals surface area contributed by atoms with Gasteiger partial charge in [-0.15, -0.1) is 0 Å². The van der Waals surface area contributed by atoms with Crippen molar-refractivity contribution in [2.45, 2.75) is 13.0 Å². The molecule has 0 fully saturated rings. The lowest BCUT2D eigenvalue weighted by Crippen LogP contribution is -2.39. The van der Waals surface area contributed by atoms with Crippen molar-refractivity contribution >= 4 is 11.8 Å². The second-order valence-corrected chi connectivity index (χ2v) is 4.09. The molecule has 1 aromatic carbocycles. The van der Waals surface area contributed by atoms with Gasteiger partial charge in [0.2, 0.25) is 11.8 Å². The molecular weight excluding hydrogens is 232 g/mol. The molecule has 5 nitrogen and oxygen atoms in total. The van der Waals surface area contributed by atoms with E-state index in [4.69, 9.17) is 0 Å². The number of rotatable bonds is 5. The van der Waals surface area contributed by atoms with Crippen molar-refractivity contribution in [3.05, 3.63) is 35.9 Å². The van der Waals surface area contributed by atoms with Crippen LogP contribution in [0, 0.1) is 0 Å². The van der Waals surface area contributed by atoms with Crippen molar-refractivity contribution in [1.82, 2.24) is 10.2 Å². The second-order valence-electron chi connectivity index (χ2n) is 4.09. The van der Waals surface area contributed by atoms with Gasteiger partial charge in [0.25, 0.3) is 0 Å². The molecule has 98 valence electrons. The first kappa shape index (κ1) is 14.2. The van der Waals surface area contributed by atoms with Crippen LogP contribution in [-0.2, 0) is 9.59 Å². The van der Waals surface area contributed by atoms with Gasteiger partial charge in [0, 0.05) is 14.0 Å². The number of carbonyl (C=O) groups excluding carboxylic acids is 2. The SMILES string of the molecule is CC(=O)N(C)CC(=O)N[C@H](CO)c1ccccc1. The third-order valence-corrected chi connectivity index (χ3v) is 2.64. The van der Waals surface area contributed by atoms with Crippen molar-refractivity contribution in [3.8, 4) is 0 Å². The van der Waals surface area contributed by atoms with Crippen LogP contribution in [-0.4, -0.2) is 42.0 Å². The number of nitrogens with one attached hydrogen (secondary N) is 1. The highest BCUT2D eigenvalue weighted by Crippen LogP contribution is 2.11. The summed E-state index contributed by atoms with van der Waals surface area (Å²) in [5.74, 6) is -0.471. The maximum Gasteiger partial charge on any atom is 0.240 e. The van der Waals surface area contributed by atoms with E-state index in [1.54, 1.807) is 7.05 Å². The normalized spacial score (nSPS) is 11.7. The van der Waals surface area contributed by atoms with Crippen LogP contribution in [0.3, 0.4) is 0 Å². The molecule has 1 rings (SSSR count). The third kappa shape index (κ3) is 4.18. The second kappa shape index (κ2) is 6.76. The van der Waals surface area contributed by atoms with Crippen LogP contribution in [0.1, 0.15) is 18.5 Å². The zero-order valence-corrected chi connectivity index (χ0v) is 10.6. The molecule has 0 radical (unpaired) electrons. The summed E-state index contributed by atoms with van der Waals surface area (Å²) in [5, 5.41) is 12.0. The minimum atomic E-state index is -0.445. The summed E-state index contributed by atoms with van der Waals surface area (Å²) in [6.45, 7) is 1.20. The molecule has 5 heteroatoms. The molecule has 2 N–H and O–H groups in total. The molecule has 0 aliphatic heterocycles. The number of carbonyl (C=O) groups is 2. The van der Waals surface area contributed by atoms with E-state index in [9.17, 15) is 14.7 Å². The predicted molar refractivity (Wildman–Crippen MR) is 67.7 cm³/mol. The van der Waals surface area contributed by atoms with Gasteiger partial charge in [0.1, 0.15) is 0 Å². The van der Waals surface area contributed by atoms with Crippen LogP contribution in [0.4, 0.5) is 0 Å². The molecule has 1 aromatic rings. The van der Waals surface area contributed by atoms with E-state index in [1.165, 1.54) is 11.8 Å². The number of aliphatic hydroxyl groups excluding tert-OH is 1. The summed E-state index contributed by atoms with van der Waals surface area (Å²) in [6, 6.07) is 8.76. The summed E-state index contributed by atoms with van der Waals surface area (Å²) in [6.07, 6.45) is 0. The lowest BCUT2D eigenvalue weighted by Gasteiger charge is -2.19. The van der Waals surface area contributed by atoms with E-state index in [0.29, 0.717) is 0 Å². The first-order valence-corrected chi connectivity index (χ1v) is 5.71. The lowest BCUT2D eigenvalue weighted by molar-refractivity contribution is -0.133. The molecule has 0 spiro atoms. The van der Waals surface area contributed by atoms with E-state index < -0.39 is 6.04 Å². The average Bonchev–Trinajstić information content (AvgIpc) is 2.36. The maximum absolute atomic E-state index is 11.7. The minimum absolute atomic E-state index is 0.0152. The van der Waals surface area contributed by atoms with Crippen molar-refractivity contribution < 1.29 is 14.7 Å². The minimum Gasteiger partial charge on any atom is -0.394 e. The predicted octanol–water partition coefficient (Wildman–Crippen LogP) is 0.315. The van der Waals surface area contributed by atoms with Gasteiger partial charge in [0.15, 0.2) is 0 Å². The van der Waals surface area contributed by atoms with Crippen LogP contribution in [0.15, 0.2) is 30.3 Å². The molecule has 0 saturated heterocycles. The zero-order chi connectivity index (χ0) is 13.5. The zero-order valence-electron chi connectivity index (χ0n) is 10.6. The van der Waals surface area contributed by atoms with Crippen LogP contribution in [0.5, 0.6) is 0 Å². The monoisotopic (exact) mass is 250 g/mol. The van der Waals surface area contributed by atoms with E-state index in [-0.39, 0.29) is 25.0 Å². The molecule has 0 aliphatic carbocycles. The summed E-state index contributed by atoms with van der Waals surface area (Å²) in [7, 11) is 1.55. The number of aliphatic hydroxyl groups is 1. The first-order valence-electron chi connectivity index (χ1n) is 5.71. The van der Waals surface area contributed by atoms with Gasteiger partial charge in [-0.25, -0.2) is 0 Å². The fourth-order valence-corrected chi connectivity index (χ4v) is 1.49. The highest BCUT2D eigenvalue weighted by atomic mass is 16.3. The molecule has 0 aliphatic rings. The van der Waals surface area contributed by atoms with Gasteiger partial charge in [-0.2, -0.15) is 0 Å². The summed E-state index contributed by atoms with van der Waals surface area (Å²) < 4.78 is 0. The molecule has 0 aromatic heterocycles. The van der Waals surface area contributed by atoms with Crippen LogP contribution in [0.2, 0.25) is 0 Å². The summed E-state index contributed by atoms with van der Waals surface area (Å²) in [4.78, 5) is 24.0. The molecule has 0 bridgehead atoms. The standard InChI is InChI=1S/C13H18N2O3/c1-10(17)15(2)8-13(18)14-12(9-16)11-6-4-3-5-7-11/h3-7,12,16H,8-9H2,1-2H3,(H,14,18)/t12-/m1/s1. The Labute approximate surface area is 106 Å². The summed E-state index contributed by atoms with van der Waals surface area (Å²) in [5.41, 5.74) is 0.832. The first-order chi connectivity index (χ1) is 8.54. The fraction of sp³-hybridized carbons (Fsp3) is 0.385. The topological polar surface area (TPSA) is 69.6 Å². The van der Waals surface area contributed by atoms with Gasteiger partial charge < -0.3 is 15.3 Å². The van der Waals surface area contributed by atoms with E-state index in [0.717, 1.165) is 5.56 Å². The van der Waals surface area contributed by atoms with E-state index in [1.807, 2.05) is 30.3 Å². The molecule has 2 amide bonds. The van der Waals surface area contributed by atoms with Crippen molar-refractivity contribution in [2.24, 2.45) is 0 Å². The Morgan fingerprint density at radius 2 is 1.94 bits per heavy atom. The number of benzene rings is 1. The molecule has 1 atom stereocenters. The lowest BCUT2D eigenvalue weighted by atomic mass is 10.1. The Morgan fingerprint density at radius 3 is 2.44 bits per heavy atom. The number of amides is 2. The molecule has 0 heterocycles. The Bertz CT molecular complexity index is 406.